The molecule has 0 radical (unpaired) electrons. The summed E-state index contributed by atoms with van der Waals surface area (Å²) in [7, 11) is -0.683. The first-order valence-electron chi connectivity index (χ1n) is 7.59. The number of sulfonamides is 1. The molecular formula is C16H26N2O5S. The number of rotatable bonds is 8. The average molecular weight is 358 g/mol. The van der Waals surface area contributed by atoms with Gasteiger partial charge in [-0.3, -0.25) is 9.10 Å². The van der Waals surface area contributed by atoms with Crippen molar-refractivity contribution in [2.24, 2.45) is 5.92 Å². The molecule has 24 heavy (non-hydrogen) atoms. The molecule has 1 atom stereocenters. The van der Waals surface area contributed by atoms with Gasteiger partial charge < -0.3 is 14.8 Å². The predicted octanol–water partition coefficient (Wildman–Crippen LogP) is 1.63. The first kappa shape index (κ1) is 20.1. The fourth-order valence-corrected chi connectivity index (χ4v) is 2.83. The fourth-order valence-electron chi connectivity index (χ4n) is 1.98. The molecule has 0 unspecified atom stereocenters. The Morgan fingerprint density at radius 3 is 2.21 bits per heavy atom. The number of amides is 1. The van der Waals surface area contributed by atoms with Gasteiger partial charge >= 0.3 is 0 Å². The van der Waals surface area contributed by atoms with E-state index in [1.807, 2.05) is 20.8 Å². The van der Waals surface area contributed by atoms with Crippen molar-refractivity contribution in [3.63, 3.8) is 0 Å². The number of carbonyl (C=O) groups is 1. The Hall–Kier alpha value is -1.96. The zero-order chi connectivity index (χ0) is 18.5. The molecular weight excluding hydrogens is 332 g/mol. The maximum Gasteiger partial charge on any atom is 0.240 e. The number of ether oxygens (including phenoxy) is 2. The number of hydrogen-bond donors (Lipinski definition) is 1. The molecule has 0 aliphatic heterocycles. The lowest BCUT2D eigenvalue weighted by molar-refractivity contribution is -0.120. The Morgan fingerprint density at radius 1 is 1.17 bits per heavy atom. The van der Waals surface area contributed by atoms with Crippen LogP contribution in [-0.2, 0) is 14.8 Å². The van der Waals surface area contributed by atoms with Crippen molar-refractivity contribution < 1.29 is 22.7 Å². The maximum atomic E-state index is 12.2. The van der Waals surface area contributed by atoms with Crippen LogP contribution in [0.15, 0.2) is 18.2 Å². The minimum atomic E-state index is -3.64. The van der Waals surface area contributed by atoms with Gasteiger partial charge in [-0.1, -0.05) is 13.8 Å². The van der Waals surface area contributed by atoms with Crippen LogP contribution < -0.4 is 19.1 Å². The highest BCUT2D eigenvalue weighted by molar-refractivity contribution is 7.92. The first-order valence-corrected chi connectivity index (χ1v) is 9.44. The predicted molar refractivity (Wildman–Crippen MR) is 94.2 cm³/mol. The van der Waals surface area contributed by atoms with Gasteiger partial charge in [0.15, 0.2) is 11.5 Å². The van der Waals surface area contributed by atoms with Gasteiger partial charge in [-0.15, -0.1) is 0 Å². The van der Waals surface area contributed by atoms with Crippen molar-refractivity contribution in [3.8, 4) is 11.5 Å². The van der Waals surface area contributed by atoms with E-state index in [2.05, 4.69) is 5.32 Å². The van der Waals surface area contributed by atoms with Crippen LogP contribution in [0.3, 0.4) is 0 Å². The van der Waals surface area contributed by atoms with Crippen LogP contribution in [0, 0.1) is 5.92 Å². The lowest BCUT2D eigenvalue weighted by atomic mass is 10.1. The highest BCUT2D eigenvalue weighted by Gasteiger charge is 2.23. The topological polar surface area (TPSA) is 84.9 Å². The number of benzene rings is 1. The van der Waals surface area contributed by atoms with Gasteiger partial charge in [0, 0.05) is 12.1 Å². The SMILES string of the molecule is COc1ccc(N(CC(=O)N[C@H](C)C(C)C)S(C)(=O)=O)cc1OC. The molecule has 0 heterocycles. The Balaban J connectivity index is 3.09. The standard InChI is InChI=1S/C16H26N2O5S/c1-11(2)12(3)17-16(19)10-18(24(6,20)21)13-7-8-14(22-4)15(9-13)23-5/h7-9,11-12H,10H2,1-6H3,(H,17,19)/t12-/m1/s1. The fraction of sp³-hybridized carbons (Fsp3) is 0.562. The third-order valence-electron chi connectivity index (χ3n) is 3.73. The zero-order valence-electron chi connectivity index (χ0n) is 15.0. The summed E-state index contributed by atoms with van der Waals surface area (Å²) in [4.78, 5) is 12.2. The van der Waals surface area contributed by atoms with E-state index < -0.39 is 10.0 Å². The van der Waals surface area contributed by atoms with E-state index in [0.717, 1.165) is 10.6 Å². The molecule has 0 saturated carbocycles. The summed E-state index contributed by atoms with van der Waals surface area (Å²) < 4.78 is 35.6. The molecule has 8 heteroatoms. The van der Waals surface area contributed by atoms with Crippen LogP contribution in [0.2, 0.25) is 0 Å². The number of hydrogen-bond acceptors (Lipinski definition) is 5. The highest BCUT2D eigenvalue weighted by atomic mass is 32.2. The monoisotopic (exact) mass is 358 g/mol. The van der Waals surface area contributed by atoms with Crippen LogP contribution in [0.1, 0.15) is 20.8 Å². The van der Waals surface area contributed by atoms with Gasteiger partial charge in [0.05, 0.1) is 26.2 Å². The normalized spacial score (nSPS) is 12.6. The number of carbonyl (C=O) groups excluding carboxylic acids is 1. The molecule has 1 amide bonds. The first-order chi connectivity index (χ1) is 11.1. The van der Waals surface area contributed by atoms with E-state index in [4.69, 9.17) is 9.47 Å². The molecule has 0 spiro atoms. The van der Waals surface area contributed by atoms with Crippen molar-refractivity contribution in [2.75, 3.05) is 31.3 Å². The molecule has 0 aliphatic rings. The summed E-state index contributed by atoms with van der Waals surface area (Å²) in [5, 5.41) is 2.80. The van der Waals surface area contributed by atoms with Gasteiger partial charge in [0.25, 0.3) is 0 Å². The van der Waals surface area contributed by atoms with E-state index in [0.29, 0.717) is 17.2 Å². The van der Waals surface area contributed by atoms with Crippen LogP contribution >= 0.6 is 0 Å². The molecule has 1 aromatic rings. The van der Waals surface area contributed by atoms with Gasteiger partial charge in [0.1, 0.15) is 6.54 Å². The van der Waals surface area contributed by atoms with Gasteiger partial charge in [-0.05, 0) is 25.0 Å². The molecule has 136 valence electrons. The van der Waals surface area contributed by atoms with Crippen LogP contribution in [0.5, 0.6) is 11.5 Å². The van der Waals surface area contributed by atoms with E-state index in [1.165, 1.54) is 20.3 Å². The summed E-state index contributed by atoms with van der Waals surface area (Å²) in [5.74, 6) is 0.755. The summed E-state index contributed by atoms with van der Waals surface area (Å²) in [6.45, 7) is 5.54. The lowest BCUT2D eigenvalue weighted by Crippen LogP contribution is -2.44. The average Bonchev–Trinajstić information content (AvgIpc) is 2.50. The largest absolute Gasteiger partial charge is 0.493 e. The number of nitrogens with one attached hydrogen (secondary N) is 1. The lowest BCUT2D eigenvalue weighted by Gasteiger charge is -2.24. The Labute approximate surface area is 144 Å². The van der Waals surface area contributed by atoms with Crippen LogP contribution in [-0.4, -0.2) is 47.4 Å². The second-order valence-corrected chi connectivity index (χ2v) is 7.82. The van der Waals surface area contributed by atoms with Crippen LogP contribution in [0.25, 0.3) is 0 Å². The number of nitrogens with zero attached hydrogens (tertiary/aromatic N) is 1. The molecule has 1 aromatic carbocycles. The molecule has 7 nitrogen and oxygen atoms in total. The highest BCUT2D eigenvalue weighted by Crippen LogP contribution is 2.32. The van der Waals surface area contributed by atoms with E-state index in [9.17, 15) is 13.2 Å². The summed E-state index contributed by atoms with van der Waals surface area (Å²) in [6.07, 6.45) is 1.06. The van der Waals surface area contributed by atoms with Crippen molar-refractivity contribution in [1.29, 1.82) is 0 Å². The molecule has 0 aliphatic carbocycles. The third-order valence-corrected chi connectivity index (χ3v) is 4.87. The number of methoxy groups -OCH3 is 2. The smallest absolute Gasteiger partial charge is 0.240 e. The molecule has 1 rings (SSSR count). The van der Waals surface area contributed by atoms with Gasteiger partial charge in [-0.25, -0.2) is 8.42 Å². The van der Waals surface area contributed by atoms with Crippen molar-refractivity contribution >= 4 is 21.6 Å². The second kappa shape index (κ2) is 8.23. The van der Waals surface area contributed by atoms with Gasteiger partial charge in [-0.2, -0.15) is 0 Å². The van der Waals surface area contributed by atoms with E-state index >= 15 is 0 Å². The Kier molecular flexibility index (Phi) is 6.89. The van der Waals surface area contributed by atoms with Gasteiger partial charge in [0.2, 0.25) is 15.9 Å². The maximum absolute atomic E-state index is 12.2. The third kappa shape index (κ3) is 5.30. The molecule has 0 bridgehead atoms. The summed E-state index contributed by atoms with van der Waals surface area (Å²) in [5.41, 5.74) is 0.336. The summed E-state index contributed by atoms with van der Waals surface area (Å²) >= 11 is 0. The van der Waals surface area contributed by atoms with Crippen molar-refractivity contribution in [2.45, 2.75) is 26.8 Å². The number of anilines is 1. The summed E-state index contributed by atoms with van der Waals surface area (Å²) in [6, 6.07) is 4.64. The van der Waals surface area contributed by atoms with E-state index in [-0.39, 0.29) is 24.4 Å². The zero-order valence-corrected chi connectivity index (χ0v) is 15.8. The Bertz CT molecular complexity index is 673. The molecule has 0 fully saturated rings. The molecule has 0 saturated heterocycles. The minimum absolute atomic E-state index is 0.0516. The minimum Gasteiger partial charge on any atom is -0.493 e. The Morgan fingerprint density at radius 2 is 1.75 bits per heavy atom. The quantitative estimate of drug-likeness (QED) is 0.763. The second-order valence-electron chi connectivity index (χ2n) is 5.91. The molecule has 1 N–H and O–H groups in total. The molecule has 0 aromatic heterocycles. The van der Waals surface area contributed by atoms with Crippen molar-refractivity contribution in [3.05, 3.63) is 18.2 Å². The van der Waals surface area contributed by atoms with Crippen LogP contribution in [0.4, 0.5) is 5.69 Å². The van der Waals surface area contributed by atoms with Crippen molar-refractivity contribution in [1.82, 2.24) is 5.32 Å². The van der Waals surface area contributed by atoms with E-state index in [1.54, 1.807) is 12.1 Å².